The predicted molar refractivity (Wildman–Crippen MR) is 132 cm³/mol. The molecule has 3 aromatic rings. The molecule has 0 unspecified atom stereocenters. The van der Waals surface area contributed by atoms with Crippen molar-refractivity contribution in [1.29, 1.82) is 0 Å². The maximum atomic E-state index is 13.5. The van der Waals surface area contributed by atoms with Gasteiger partial charge in [0.05, 0.1) is 11.4 Å². The van der Waals surface area contributed by atoms with E-state index in [0.29, 0.717) is 0 Å². The lowest BCUT2D eigenvalue weighted by molar-refractivity contribution is -0.136. The molecule has 1 fully saturated rings. The highest BCUT2D eigenvalue weighted by atomic mass is 32.2. The lowest BCUT2D eigenvalue weighted by Gasteiger charge is -2.27. The molecule has 1 aliphatic rings. The third kappa shape index (κ3) is 5.08. The number of halogens is 1. The number of likely N-dealkylation sites (N-methyl/N-ethyl adjacent to an activating group) is 1. The van der Waals surface area contributed by atoms with Crippen molar-refractivity contribution in [1.82, 2.24) is 9.21 Å². The number of nitrogens with zero attached hydrogens (tertiary/aromatic N) is 2. The number of fused-ring (bicyclic) bond motifs is 1. The zero-order valence-electron chi connectivity index (χ0n) is 18.4. The van der Waals surface area contributed by atoms with Crippen LogP contribution < -0.4 is 5.32 Å². The Kier molecular flexibility index (Phi) is 6.92. The third-order valence-electron chi connectivity index (χ3n) is 5.71. The quantitative estimate of drug-likeness (QED) is 0.508. The van der Waals surface area contributed by atoms with Crippen LogP contribution in [0, 0.1) is 5.82 Å². The van der Waals surface area contributed by atoms with Gasteiger partial charge in [0.1, 0.15) is 11.9 Å². The molecule has 0 aromatic heterocycles. The van der Waals surface area contributed by atoms with Gasteiger partial charge in [0, 0.05) is 24.5 Å². The number of anilines is 1. The summed E-state index contributed by atoms with van der Waals surface area (Å²) in [6.07, 6.45) is 0.227. The van der Waals surface area contributed by atoms with E-state index in [9.17, 15) is 22.4 Å². The Morgan fingerprint density at radius 2 is 1.82 bits per heavy atom. The number of carbonyl (C=O) groups is 2. The van der Waals surface area contributed by atoms with E-state index in [4.69, 9.17) is 0 Å². The summed E-state index contributed by atoms with van der Waals surface area (Å²) < 4.78 is 41.4. The summed E-state index contributed by atoms with van der Waals surface area (Å²) in [6, 6.07) is 16.7. The van der Waals surface area contributed by atoms with Crippen molar-refractivity contribution in [3.05, 3.63) is 72.5 Å². The first kappa shape index (κ1) is 24.2. The van der Waals surface area contributed by atoms with Crippen molar-refractivity contribution in [2.24, 2.45) is 0 Å². The molecule has 1 saturated heterocycles. The van der Waals surface area contributed by atoms with Gasteiger partial charge in [-0.1, -0.05) is 36.4 Å². The first-order chi connectivity index (χ1) is 16.1. The lowest BCUT2D eigenvalue weighted by atomic mass is 10.1. The zero-order valence-corrected chi connectivity index (χ0v) is 20.1. The molecule has 1 heterocycles. The lowest BCUT2D eigenvalue weighted by Crippen LogP contribution is -2.48. The van der Waals surface area contributed by atoms with E-state index in [0.717, 1.165) is 15.1 Å². The molecule has 2 atom stereocenters. The minimum absolute atomic E-state index is 0.0814. The first-order valence-electron chi connectivity index (χ1n) is 10.6. The van der Waals surface area contributed by atoms with Gasteiger partial charge in [-0.3, -0.25) is 9.59 Å². The summed E-state index contributed by atoms with van der Waals surface area (Å²) in [5, 5.41) is 3.90. The van der Waals surface area contributed by atoms with E-state index in [-0.39, 0.29) is 35.3 Å². The molecule has 2 amide bonds. The number of benzene rings is 3. The fraction of sp³-hybridized carbons (Fsp3) is 0.250. The molecule has 7 nitrogen and oxygen atoms in total. The van der Waals surface area contributed by atoms with Crippen molar-refractivity contribution in [3.8, 4) is 0 Å². The van der Waals surface area contributed by atoms with Gasteiger partial charge in [0.2, 0.25) is 21.8 Å². The number of hydrogen-bond acceptors (Lipinski definition) is 5. The van der Waals surface area contributed by atoms with E-state index >= 15 is 0 Å². The van der Waals surface area contributed by atoms with Crippen molar-refractivity contribution in [3.63, 3.8) is 0 Å². The van der Waals surface area contributed by atoms with Crippen molar-refractivity contribution in [2.75, 3.05) is 25.5 Å². The highest BCUT2D eigenvalue weighted by molar-refractivity contribution is 7.89. The van der Waals surface area contributed by atoms with Gasteiger partial charge in [-0.15, -0.1) is 0 Å². The predicted octanol–water partition coefficient (Wildman–Crippen LogP) is 3.14. The Bertz CT molecular complexity index is 1350. The molecular formula is C24H24FN3O4S2. The average molecular weight is 502 g/mol. The molecule has 0 bridgehead atoms. The summed E-state index contributed by atoms with van der Waals surface area (Å²) in [7, 11) is -2.55. The topological polar surface area (TPSA) is 86.8 Å². The monoisotopic (exact) mass is 501 g/mol. The number of amides is 2. The highest BCUT2D eigenvalue weighted by Gasteiger charge is 2.44. The SMILES string of the molecule is CN(CC(=O)Nc1cccc(F)c1)C(=O)[C@@H]1C[C@@H](S)CN1S(=O)(=O)c1ccc2ccccc2c1. The second kappa shape index (κ2) is 9.73. The van der Waals surface area contributed by atoms with Gasteiger partial charge in [0.25, 0.3) is 0 Å². The minimum Gasteiger partial charge on any atom is -0.335 e. The Morgan fingerprint density at radius 1 is 1.09 bits per heavy atom. The summed E-state index contributed by atoms with van der Waals surface area (Å²) in [5.41, 5.74) is 0.266. The highest BCUT2D eigenvalue weighted by Crippen LogP contribution is 2.31. The molecule has 10 heteroatoms. The van der Waals surface area contributed by atoms with E-state index in [1.54, 1.807) is 12.1 Å². The van der Waals surface area contributed by atoms with E-state index < -0.39 is 33.7 Å². The van der Waals surface area contributed by atoms with Gasteiger partial charge < -0.3 is 10.2 Å². The average Bonchev–Trinajstić information content (AvgIpc) is 3.20. The maximum Gasteiger partial charge on any atom is 0.243 e. The van der Waals surface area contributed by atoms with Gasteiger partial charge in [-0.05, 0) is 47.5 Å². The molecule has 0 saturated carbocycles. The summed E-state index contributed by atoms with van der Waals surface area (Å²) >= 11 is 4.43. The van der Waals surface area contributed by atoms with E-state index in [1.807, 2.05) is 24.3 Å². The Balaban J connectivity index is 1.51. The van der Waals surface area contributed by atoms with Crippen molar-refractivity contribution >= 4 is 50.9 Å². The summed E-state index contributed by atoms with van der Waals surface area (Å²) in [6.45, 7) is -0.231. The largest absolute Gasteiger partial charge is 0.335 e. The first-order valence-corrected chi connectivity index (χ1v) is 12.6. The molecule has 34 heavy (non-hydrogen) atoms. The van der Waals surface area contributed by atoms with Crippen molar-refractivity contribution < 1.29 is 22.4 Å². The van der Waals surface area contributed by atoms with Gasteiger partial charge in [-0.2, -0.15) is 16.9 Å². The van der Waals surface area contributed by atoms with Crippen LogP contribution in [0.3, 0.4) is 0 Å². The van der Waals surface area contributed by atoms with Crippen LogP contribution in [0.1, 0.15) is 6.42 Å². The summed E-state index contributed by atoms with van der Waals surface area (Å²) in [5.74, 6) is -1.52. The molecule has 1 aliphatic heterocycles. The van der Waals surface area contributed by atoms with Gasteiger partial charge in [-0.25, -0.2) is 12.8 Å². The fourth-order valence-electron chi connectivity index (χ4n) is 4.05. The minimum atomic E-state index is -3.98. The number of thiol groups is 1. The Labute approximate surface area is 203 Å². The zero-order chi connectivity index (χ0) is 24.5. The Morgan fingerprint density at radius 3 is 2.56 bits per heavy atom. The molecule has 3 aromatic carbocycles. The molecule has 1 N–H and O–H groups in total. The normalized spacial score (nSPS) is 18.7. The van der Waals surface area contributed by atoms with Crippen LogP contribution in [-0.2, 0) is 19.6 Å². The second-order valence-electron chi connectivity index (χ2n) is 8.24. The third-order valence-corrected chi connectivity index (χ3v) is 7.96. The molecule has 0 spiro atoms. The van der Waals surface area contributed by atoms with E-state index in [2.05, 4.69) is 17.9 Å². The van der Waals surface area contributed by atoms with Crippen LogP contribution in [0.4, 0.5) is 10.1 Å². The number of carbonyl (C=O) groups excluding carboxylic acids is 2. The number of nitrogens with one attached hydrogen (secondary N) is 1. The van der Waals surface area contributed by atoms with Crippen LogP contribution in [0.15, 0.2) is 71.6 Å². The van der Waals surface area contributed by atoms with Crippen LogP contribution >= 0.6 is 12.6 Å². The van der Waals surface area contributed by atoms with Crippen LogP contribution in [-0.4, -0.2) is 60.9 Å². The fourth-order valence-corrected chi connectivity index (χ4v) is 6.21. The molecule has 4 rings (SSSR count). The maximum absolute atomic E-state index is 13.5. The Hall–Kier alpha value is -2.95. The smallest absolute Gasteiger partial charge is 0.243 e. The van der Waals surface area contributed by atoms with Crippen LogP contribution in [0.25, 0.3) is 10.8 Å². The van der Waals surface area contributed by atoms with Gasteiger partial charge in [0.15, 0.2) is 0 Å². The second-order valence-corrected chi connectivity index (χ2v) is 10.9. The van der Waals surface area contributed by atoms with Crippen LogP contribution in [0.5, 0.6) is 0 Å². The standard InChI is InChI=1S/C24H24FN3O4S2/c1-27(15-23(29)26-19-8-4-7-18(25)12-19)24(30)22-13-20(33)14-28(22)34(31,32)21-10-9-16-5-2-3-6-17(16)11-21/h2-12,20,22,33H,13-15H2,1H3,(H,26,29)/t20-,22+/m1/s1. The number of hydrogen-bond donors (Lipinski definition) is 2. The van der Waals surface area contributed by atoms with Crippen molar-refractivity contribution in [2.45, 2.75) is 22.6 Å². The molecule has 178 valence electrons. The van der Waals surface area contributed by atoms with E-state index in [1.165, 1.54) is 42.3 Å². The molecule has 0 radical (unpaired) electrons. The molecule has 0 aliphatic carbocycles. The van der Waals surface area contributed by atoms with Gasteiger partial charge >= 0.3 is 0 Å². The van der Waals surface area contributed by atoms with Crippen LogP contribution in [0.2, 0.25) is 0 Å². The number of rotatable bonds is 6. The summed E-state index contributed by atoms with van der Waals surface area (Å²) in [4.78, 5) is 26.8. The number of sulfonamides is 1. The molecular weight excluding hydrogens is 477 g/mol.